The van der Waals surface area contributed by atoms with Gasteiger partial charge in [-0.15, -0.1) is 0 Å². The van der Waals surface area contributed by atoms with E-state index in [2.05, 4.69) is 29.1 Å². The molecule has 0 saturated carbocycles. The largest absolute Gasteiger partial charge is 0.491 e. The molecule has 0 saturated heterocycles. The predicted molar refractivity (Wildman–Crippen MR) is 86.9 cm³/mol. The van der Waals surface area contributed by atoms with Gasteiger partial charge < -0.3 is 10.1 Å². The fourth-order valence-corrected chi connectivity index (χ4v) is 2.00. The van der Waals surface area contributed by atoms with Gasteiger partial charge in [0.25, 0.3) is 0 Å². The number of ether oxygens (including phenoxy) is 1. The molecule has 1 heterocycles. The first-order chi connectivity index (χ1) is 9.99. The molecule has 112 valence electrons. The Labute approximate surface area is 126 Å². The minimum Gasteiger partial charge on any atom is -0.491 e. The van der Waals surface area contributed by atoms with Gasteiger partial charge in [-0.3, -0.25) is 0 Å². The van der Waals surface area contributed by atoms with Crippen LogP contribution in [0.25, 0.3) is 11.3 Å². The molecule has 0 radical (unpaired) electrons. The Morgan fingerprint density at radius 2 is 1.81 bits per heavy atom. The van der Waals surface area contributed by atoms with E-state index in [0.29, 0.717) is 0 Å². The number of aromatic nitrogens is 2. The number of hydrogen-bond donors (Lipinski definition) is 1. The van der Waals surface area contributed by atoms with Crippen molar-refractivity contribution in [3.8, 4) is 17.0 Å². The summed E-state index contributed by atoms with van der Waals surface area (Å²) in [5.74, 6) is 2.82. The molecular weight excluding hydrogens is 262 g/mol. The van der Waals surface area contributed by atoms with E-state index in [1.54, 1.807) is 0 Å². The van der Waals surface area contributed by atoms with E-state index >= 15 is 0 Å². The van der Waals surface area contributed by atoms with Crippen LogP contribution in [0.1, 0.15) is 39.4 Å². The number of benzene rings is 1. The molecule has 4 heteroatoms. The maximum Gasteiger partial charge on any atom is 0.133 e. The average Bonchev–Trinajstić information content (AvgIpc) is 2.46. The Morgan fingerprint density at radius 1 is 1.05 bits per heavy atom. The highest BCUT2D eigenvalue weighted by Gasteiger charge is 2.10. The topological polar surface area (TPSA) is 47.0 Å². The van der Waals surface area contributed by atoms with Crippen molar-refractivity contribution in [3.63, 3.8) is 0 Å². The molecule has 0 aliphatic rings. The van der Waals surface area contributed by atoms with Crippen molar-refractivity contribution in [2.24, 2.45) is 0 Å². The Morgan fingerprint density at radius 3 is 2.43 bits per heavy atom. The van der Waals surface area contributed by atoms with Gasteiger partial charge in [-0.2, -0.15) is 0 Å². The maximum absolute atomic E-state index is 5.75. The minimum atomic E-state index is 0.157. The molecule has 21 heavy (non-hydrogen) atoms. The summed E-state index contributed by atoms with van der Waals surface area (Å²) in [7, 11) is 1.87. The van der Waals surface area contributed by atoms with Gasteiger partial charge >= 0.3 is 0 Å². The van der Waals surface area contributed by atoms with Crippen molar-refractivity contribution >= 4 is 5.82 Å². The molecule has 1 N–H and O–H groups in total. The van der Waals surface area contributed by atoms with Crippen LogP contribution in [0.2, 0.25) is 0 Å². The van der Waals surface area contributed by atoms with Crippen LogP contribution in [-0.4, -0.2) is 23.1 Å². The highest BCUT2D eigenvalue weighted by atomic mass is 16.5. The second-order valence-corrected chi connectivity index (χ2v) is 5.60. The summed E-state index contributed by atoms with van der Waals surface area (Å²) in [6, 6.07) is 9.97. The van der Waals surface area contributed by atoms with E-state index in [-0.39, 0.29) is 12.0 Å². The third-order valence-electron chi connectivity index (χ3n) is 3.02. The maximum atomic E-state index is 5.75. The van der Waals surface area contributed by atoms with Crippen LogP contribution in [-0.2, 0) is 0 Å². The number of nitrogens with zero attached hydrogens (tertiary/aromatic N) is 2. The fourth-order valence-electron chi connectivity index (χ4n) is 2.00. The van der Waals surface area contributed by atoms with Crippen LogP contribution in [0.3, 0.4) is 0 Å². The lowest BCUT2D eigenvalue weighted by atomic mass is 10.1. The van der Waals surface area contributed by atoms with Crippen molar-refractivity contribution in [3.05, 3.63) is 36.2 Å². The van der Waals surface area contributed by atoms with Gasteiger partial charge in [0.15, 0.2) is 0 Å². The zero-order valence-corrected chi connectivity index (χ0v) is 13.3. The molecule has 2 aromatic rings. The molecule has 0 aliphatic heterocycles. The molecule has 2 rings (SSSR count). The van der Waals surface area contributed by atoms with Crippen LogP contribution in [0, 0.1) is 0 Å². The Balaban J connectivity index is 2.43. The first kappa shape index (κ1) is 15.3. The van der Waals surface area contributed by atoms with E-state index in [1.807, 2.05) is 51.2 Å². The van der Waals surface area contributed by atoms with Crippen LogP contribution in [0.4, 0.5) is 5.82 Å². The van der Waals surface area contributed by atoms with Crippen molar-refractivity contribution in [2.45, 2.75) is 39.7 Å². The average molecular weight is 285 g/mol. The first-order valence-corrected chi connectivity index (χ1v) is 7.33. The van der Waals surface area contributed by atoms with Crippen molar-refractivity contribution < 1.29 is 4.74 Å². The number of anilines is 1. The summed E-state index contributed by atoms with van der Waals surface area (Å²) < 4.78 is 5.75. The molecule has 0 bridgehead atoms. The SMILES string of the molecule is CNc1cc(-c2cccc(OC(C)C)c2)nc(C(C)C)n1. The normalized spacial score (nSPS) is 11.0. The van der Waals surface area contributed by atoms with Crippen molar-refractivity contribution in [1.29, 1.82) is 0 Å². The fraction of sp³-hybridized carbons (Fsp3) is 0.412. The van der Waals surface area contributed by atoms with E-state index < -0.39 is 0 Å². The van der Waals surface area contributed by atoms with Gasteiger partial charge in [-0.05, 0) is 26.0 Å². The van der Waals surface area contributed by atoms with E-state index in [0.717, 1.165) is 28.6 Å². The van der Waals surface area contributed by atoms with Gasteiger partial charge in [-0.25, -0.2) is 9.97 Å². The molecule has 0 amide bonds. The van der Waals surface area contributed by atoms with E-state index in [1.165, 1.54) is 0 Å². The lowest BCUT2D eigenvalue weighted by molar-refractivity contribution is 0.242. The Bertz CT molecular complexity index is 609. The molecule has 0 unspecified atom stereocenters. The Hall–Kier alpha value is -2.10. The standard InChI is InChI=1S/C17H23N3O/c1-11(2)17-19-15(10-16(18-5)20-17)13-7-6-8-14(9-13)21-12(3)4/h6-12H,1-5H3,(H,18,19,20). The number of hydrogen-bond acceptors (Lipinski definition) is 4. The summed E-state index contributed by atoms with van der Waals surface area (Å²) >= 11 is 0. The highest BCUT2D eigenvalue weighted by molar-refractivity contribution is 5.64. The van der Waals surface area contributed by atoms with Gasteiger partial charge in [0, 0.05) is 24.6 Å². The third-order valence-corrected chi connectivity index (χ3v) is 3.02. The van der Waals surface area contributed by atoms with Crippen molar-refractivity contribution in [2.75, 3.05) is 12.4 Å². The van der Waals surface area contributed by atoms with Crippen LogP contribution in [0.15, 0.2) is 30.3 Å². The van der Waals surface area contributed by atoms with Gasteiger partial charge in [0.2, 0.25) is 0 Å². The summed E-state index contributed by atoms with van der Waals surface area (Å²) in [6.45, 7) is 8.23. The zero-order valence-electron chi connectivity index (χ0n) is 13.3. The molecule has 0 spiro atoms. The molecule has 1 aromatic carbocycles. The Kier molecular flexibility index (Phi) is 4.78. The smallest absolute Gasteiger partial charge is 0.133 e. The van der Waals surface area contributed by atoms with Gasteiger partial charge in [0.05, 0.1) is 11.8 Å². The monoisotopic (exact) mass is 285 g/mol. The molecule has 4 nitrogen and oxygen atoms in total. The number of nitrogens with one attached hydrogen (secondary N) is 1. The molecule has 1 aromatic heterocycles. The molecule has 0 aliphatic carbocycles. The summed E-state index contributed by atoms with van der Waals surface area (Å²) in [5, 5.41) is 3.10. The van der Waals surface area contributed by atoms with Crippen LogP contribution >= 0.6 is 0 Å². The summed E-state index contributed by atoms with van der Waals surface area (Å²) in [4.78, 5) is 9.16. The lowest BCUT2D eigenvalue weighted by Crippen LogP contribution is -2.06. The van der Waals surface area contributed by atoms with E-state index in [4.69, 9.17) is 4.74 Å². The molecular formula is C17H23N3O. The van der Waals surface area contributed by atoms with Gasteiger partial charge in [0.1, 0.15) is 17.4 Å². The van der Waals surface area contributed by atoms with Crippen LogP contribution < -0.4 is 10.1 Å². The van der Waals surface area contributed by atoms with E-state index in [9.17, 15) is 0 Å². The summed E-state index contributed by atoms with van der Waals surface area (Å²) in [6.07, 6.45) is 0.157. The summed E-state index contributed by atoms with van der Waals surface area (Å²) in [5.41, 5.74) is 1.95. The van der Waals surface area contributed by atoms with Gasteiger partial charge in [-0.1, -0.05) is 26.0 Å². The third kappa shape index (κ3) is 3.94. The predicted octanol–water partition coefficient (Wildman–Crippen LogP) is 4.10. The number of rotatable bonds is 5. The second-order valence-electron chi connectivity index (χ2n) is 5.60. The lowest BCUT2D eigenvalue weighted by Gasteiger charge is -2.12. The minimum absolute atomic E-state index is 0.157. The molecule has 0 fully saturated rings. The van der Waals surface area contributed by atoms with Crippen LogP contribution in [0.5, 0.6) is 5.75 Å². The highest BCUT2D eigenvalue weighted by Crippen LogP contribution is 2.26. The second kappa shape index (κ2) is 6.57. The zero-order chi connectivity index (χ0) is 15.4. The first-order valence-electron chi connectivity index (χ1n) is 7.33. The molecule has 0 atom stereocenters. The van der Waals surface area contributed by atoms with Crippen molar-refractivity contribution in [1.82, 2.24) is 9.97 Å². The quantitative estimate of drug-likeness (QED) is 0.898.